The van der Waals surface area contributed by atoms with Gasteiger partial charge in [-0.05, 0) is 6.42 Å². The van der Waals surface area contributed by atoms with Gasteiger partial charge in [-0.1, -0.05) is 117 Å². The highest BCUT2D eigenvalue weighted by Crippen LogP contribution is 2.24. The molecular formula is C23H51O5P. The molecule has 0 rings (SSSR count). The van der Waals surface area contributed by atoms with Crippen molar-refractivity contribution < 1.29 is 24.5 Å². The molecule has 0 radical (unpaired) electrons. The van der Waals surface area contributed by atoms with Crippen molar-refractivity contribution in [3.8, 4) is 0 Å². The number of aliphatic hydroxyl groups excluding tert-OH is 2. The summed E-state index contributed by atoms with van der Waals surface area (Å²) in [6, 6.07) is 0. The van der Waals surface area contributed by atoms with Crippen LogP contribution in [0.25, 0.3) is 0 Å². The lowest BCUT2D eigenvalue weighted by Gasteiger charge is -2.16. The van der Waals surface area contributed by atoms with Gasteiger partial charge in [-0.3, -0.25) is 0 Å². The van der Waals surface area contributed by atoms with E-state index in [-0.39, 0.29) is 18.6 Å². The van der Waals surface area contributed by atoms with Crippen molar-refractivity contribution >= 4 is 8.60 Å². The van der Waals surface area contributed by atoms with Gasteiger partial charge in [0.25, 0.3) is 0 Å². The average Bonchev–Trinajstić information content (AvgIpc) is 2.70. The van der Waals surface area contributed by atoms with Crippen molar-refractivity contribution in [2.24, 2.45) is 5.41 Å². The van der Waals surface area contributed by atoms with Gasteiger partial charge in [0.1, 0.15) is 0 Å². The first kappa shape index (κ1) is 31.4. The van der Waals surface area contributed by atoms with E-state index >= 15 is 0 Å². The molecule has 0 aromatic heterocycles. The molecule has 0 saturated carbocycles. The van der Waals surface area contributed by atoms with Crippen molar-refractivity contribution in [2.75, 3.05) is 19.8 Å². The van der Waals surface area contributed by atoms with Gasteiger partial charge in [-0.2, -0.15) is 0 Å². The van der Waals surface area contributed by atoms with E-state index in [2.05, 4.69) is 6.92 Å². The second-order valence-electron chi connectivity index (χ2n) is 8.87. The molecule has 0 aliphatic heterocycles. The zero-order valence-corrected chi connectivity index (χ0v) is 20.5. The summed E-state index contributed by atoms with van der Waals surface area (Å²) in [6.07, 6.45) is 21.6. The van der Waals surface area contributed by atoms with E-state index in [0.29, 0.717) is 6.61 Å². The van der Waals surface area contributed by atoms with Gasteiger partial charge in [-0.15, -0.1) is 0 Å². The Morgan fingerprint density at radius 1 is 0.586 bits per heavy atom. The molecule has 6 heteroatoms. The highest BCUT2D eigenvalue weighted by atomic mass is 31.2. The van der Waals surface area contributed by atoms with Crippen LogP contribution in [0.3, 0.4) is 0 Å². The van der Waals surface area contributed by atoms with Gasteiger partial charge < -0.3 is 24.5 Å². The molecule has 0 spiro atoms. The van der Waals surface area contributed by atoms with Crippen LogP contribution in [0, 0.1) is 5.41 Å². The lowest BCUT2D eigenvalue weighted by molar-refractivity contribution is 0.0857. The maximum atomic E-state index is 8.58. The van der Waals surface area contributed by atoms with Crippen LogP contribution in [0.1, 0.15) is 124 Å². The summed E-state index contributed by atoms with van der Waals surface area (Å²) < 4.78 is 4.74. The Hall–Kier alpha value is 0.230. The van der Waals surface area contributed by atoms with Crippen molar-refractivity contribution in [3.05, 3.63) is 0 Å². The third-order valence-corrected chi connectivity index (χ3v) is 5.47. The lowest BCUT2D eigenvalue weighted by Crippen LogP contribution is -2.20. The van der Waals surface area contributed by atoms with Gasteiger partial charge >= 0.3 is 8.60 Å². The van der Waals surface area contributed by atoms with Crippen LogP contribution in [0.4, 0.5) is 0 Å². The second kappa shape index (κ2) is 24.5. The van der Waals surface area contributed by atoms with Crippen molar-refractivity contribution in [3.63, 3.8) is 0 Å². The maximum Gasteiger partial charge on any atom is 0.327 e. The molecule has 0 aliphatic rings. The first-order valence-electron chi connectivity index (χ1n) is 11.9. The minimum atomic E-state index is -2.14. The Morgan fingerprint density at radius 3 is 1.14 bits per heavy atom. The molecule has 0 atom stereocenters. The Kier molecular flexibility index (Phi) is 26.5. The molecule has 0 unspecified atom stereocenters. The Labute approximate surface area is 182 Å². The molecule has 0 fully saturated rings. The largest absolute Gasteiger partial charge is 0.396 e. The smallest absolute Gasteiger partial charge is 0.327 e. The molecule has 178 valence electrons. The van der Waals surface area contributed by atoms with Gasteiger partial charge in [0.15, 0.2) is 0 Å². The van der Waals surface area contributed by atoms with E-state index in [1.165, 1.54) is 89.9 Å². The number of unbranched alkanes of at least 4 members (excludes halogenated alkanes) is 15. The van der Waals surface area contributed by atoms with Gasteiger partial charge in [0.05, 0.1) is 19.8 Å². The van der Waals surface area contributed by atoms with E-state index in [9.17, 15) is 0 Å². The molecule has 29 heavy (non-hydrogen) atoms. The Balaban J connectivity index is 0. The van der Waals surface area contributed by atoms with E-state index in [4.69, 9.17) is 24.5 Å². The standard InChI is InChI=1S/C18H39O3P.C5H12O2/c1-2-3-4-5-6-7-8-9-10-11-12-13-14-15-16-17-18-21-22(19)20;1-5(2,3-6)4-7/h19-20H,2-18H2,1H3;6-7H,3-4H2,1-2H3. The van der Waals surface area contributed by atoms with Crippen molar-refractivity contribution in [1.82, 2.24) is 0 Å². The third kappa shape index (κ3) is 30.5. The zero-order chi connectivity index (χ0) is 22.2. The normalized spacial score (nSPS) is 11.6. The van der Waals surface area contributed by atoms with Crippen LogP contribution in [0.2, 0.25) is 0 Å². The molecule has 0 heterocycles. The zero-order valence-electron chi connectivity index (χ0n) is 19.6. The minimum absolute atomic E-state index is 0.0451. The molecule has 0 aromatic carbocycles. The Morgan fingerprint density at radius 2 is 0.897 bits per heavy atom. The summed E-state index contributed by atoms with van der Waals surface area (Å²) in [5, 5.41) is 16.9. The van der Waals surface area contributed by atoms with Crippen molar-refractivity contribution in [2.45, 2.75) is 124 Å². The van der Waals surface area contributed by atoms with Crippen LogP contribution < -0.4 is 0 Å². The first-order chi connectivity index (χ1) is 13.9. The predicted octanol–water partition coefficient (Wildman–Crippen LogP) is 6.47. The SMILES string of the molecule is CC(C)(CO)CO.CCCCCCCCCCCCCCCCCCOP(O)O. The fourth-order valence-electron chi connectivity index (χ4n) is 2.85. The lowest BCUT2D eigenvalue weighted by atomic mass is 9.97. The fourth-order valence-corrected chi connectivity index (χ4v) is 3.14. The van der Waals surface area contributed by atoms with Gasteiger partial charge in [-0.25, -0.2) is 0 Å². The minimum Gasteiger partial charge on any atom is -0.396 e. The number of hydrogen-bond acceptors (Lipinski definition) is 5. The van der Waals surface area contributed by atoms with E-state index in [0.717, 1.165) is 12.8 Å². The summed E-state index contributed by atoms with van der Waals surface area (Å²) in [6.45, 7) is 6.45. The van der Waals surface area contributed by atoms with Crippen LogP contribution in [0.15, 0.2) is 0 Å². The second-order valence-corrected chi connectivity index (χ2v) is 9.63. The maximum absolute atomic E-state index is 8.58. The third-order valence-electron chi connectivity index (χ3n) is 5.06. The highest BCUT2D eigenvalue weighted by Gasteiger charge is 2.13. The summed E-state index contributed by atoms with van der Waals surface area (Å²) in [7, 11) is -2.14. The van der Waals surface area contributed by atoms with Crippen LogP contribution >= 0.6 is 8.60 Å². The van der Waals surface area contributed by atoms with Gasteiger partial charge in [0.2, 0.25) is 0 Å². The summed E-state index contributed by atoms with van der Waals surface area (Å²) in [4.78, 5) is 17.2. The molecule has 0 aliphatic carbocycles. The average molecular weight is 439 g/mol. The topological polar surface area (TPSA) is 90.2 Å². The van der Waals surface area contributed by atoms with Crippen LogP contribution in [-0.2, 0) is 4.52 Å². The number of aliphatic hydroxyl groups is 2. The van der Waals surface area contributed by atoms with Crippen LogP contribution in [0.5, 0.6) is 0 Å². The quantitative estimate of drug-likeness (QED) is 0.129. The molecule has 5 nitrogen and oxygen atoms in total. The summed E-state index contributed by atoms with van der Waals surface area (Å²) in [5.74, 6) is 0. The van der Waals surface area contributed by atoms with E-state index < -0.39 is 8.60 Å². The fraction of sp³-hybridized carbons (Fsp3) is 1.00. The van der Waals surface area contributed by atoms with Crippen molar-refractivity contribution in [1.29, 1.82) is 0 Å². The number of rotatable bonds is 20. The monoisotopic (exact) mass is 438 g/mol. The molecule has 4 N–H and O–H groups in total. The molecular weight excluding hydrogens is 387 g/mol. The Bertz CT molecular complexity index is 295. The van der Waals surface area contributed by atoms with E-state index in [1.807, 2.05) is 0 Å². The van der Waals surface area contributed by atoms with Gasteiger partial charge in [0, 0.05) is 5.41 Å². The molecule has 0 aromatic rings. The summed E-state index contributed by atoms with van der Waals surface area (Å²) in [5.41, 5.74) is -0.306. The first-order valence-corrected chi connectivity index (χ1v) is 13.1. The molecule has 0 amide bonds. The van der Waals surface area contributed by atoms with Crippen LogP contribution in [-0.4, -0.2) is 39.8 Å². The summed E-state index contributed by atoms with van der Waals surface area (Å²) >= 11 is 0. The highest BCUT2D eigenvalue weighted by molar-refractivity contribution is 7.39. The molecule has 0 saturated heterocycles. The van der Waals surface area contributed by atoms with E-state index in [1.54, 1.807) is 13.8 Å². The molecule has 0 bridgehead atoms. The number of hydrogen-bond donors (Lipinski definition) is 4. The predicted molar refractivity (Wildman–Crippen MR) is 125 cm³/mol.